The smallest absolute Gasteiger partial charge is 0.335 e. The molecule has 0 spiro atoms. The first-order valence-electron chi connectivity index (χ1n) is 7.28. The first kappa shape index (κ1) is 17.7. The van der Waals surface area contributed by atoms with E-state index in [4.69, 9.17) is 4.74 Å². The number of hydrogen-bond donors (Lipinski definition) is 2. The molecule has 124 valence electrons. The molecular weight excluding hydrogens is 415 g/mol. The molecule has 0 fully saturated rings. The maximum atomic E-state index is 12.3. The summed E-state index contributed by atoms with van der Waals surface area (Å²) in [5.41, 5.74) is -1.11. The summed E-state index contributed by atoms with van der Waals surface area (Å²) in [6.45, 7) is 1.44. The van der Waals surface area contributed by atoms with E-state index in [1.165, 1.54) is 6.92 Å². The van der Waals surface area contributed by atoms with Gasteiger partial charge in [0.05, 0.1) is 6.61 Å². The average Bonchev–Trinajstić information content (AvgIpc) is 2.47. The van der Waals surface area contributed by atoms with Crippen molar-refractivity contribution in [1.82, 2.24) is 0 Å². The van der Waals surface area contributed by atoms with E-state index in [9.17, 15) is 24.6 Å². The number of carbonyl (C=O) groups excluding carboxylic acids is 1. The lowest BCUT2D eigenvalue weighted by Crippen LogP contribution is -2.52. The minimum atomic E-state index is -2.61. The van der Waals surface area contributed by atoms with Crippen LogP contribution in [0.1, 0.15) is 36.8 Å². The Morgan fingerprint density at radius 2 is 1.96 bits per heavy atom. The number of benzene rings is 1. The number of hydrogen-bond acceptors (Lipinski definition) is 4. The molecule has 23 heavy (non-hydrogen) atoms. The lowest BCUT2D eigenvalue weighted by atomic mass is 9.66. The van der Waals surface area contributed by atoms with Crippen LogP contribution in [0, 0.1) is 8.99 Å². The minimum Gasteiger partial charge on any atom is -0.480 e. The van der Waals surface area contributed by atoms with Crippen LogP contribution in [0.4, 0.5) is 0 Å². The van der Waals surface area contributed by atoms with Crippen LogP contribution in [0.15, 0.2) is 18.2 Å². The van der Waals surface area contributed by atoms with Gasteiger partial charge in [-0.05, 0) is 72.0 Å². The van der Waals surface area contributed by atoms with Crippen LogP contribution < -0.4 is 0 Å². The summed E-state index contributed by atoms with van der Waals surface area (Å²) in [7, 11) is 0. The minimum absolute atomic E-state index is 0.0760. The summed E-state index contributed by atoms with van der Waals surface area (Å²) < 4.78 is 5.80. The summed E-state index contributed by atoms with van der Waals surface area (Å²) in [5, 5.41) is 19.3. The molecule has 0 bridgehead atoms. The molecule has 0 radical (unpaired) electrons. The predicted octanol–water partition coefficient (Wildman–Crippen LogP) is 2.43. The van der Waals surface area contributed by atoms with Crippen LogP contribution in [-0.2, 0) is 25.5 Å². The van der Waals surface area contributed by atoms with E-state index in [0.717, 1.165) is 15.6 Å². The summed E-state index contributed by atoms with van der Waals surface area (Å²) in [6, 6.07) is 5.42. The van der Waals surface area contributed by atoms with Crippen LogP contribution in [0.3, 0.4) is 0 Å². The third-order valence-corrected chi connectivity index (χ3v) is 4.89. The molecule has 1 aliphatic carbocycles. The Morgan fingerprint density at radius 1 is 1.30 bits per heavy atom. The number of rotatable bonds is 5. The van der Waals surface area contributed by atoms with E-state index in [1.54, 1.807) is 12.1 Å². The molecule has 0 heterocycles. The number of carboxylic acids is 2. The molecule has 0 aromatic heterocycles. The van der Waals surface area contributed by atoms with Crippen molar-refractivity contribution in [2.24, 2.45) is 5.41 Å². The molecule has 0 aliphatic heterocycles. The second kappa shape index (κ2) is 6.86. The molecule has 2 rings (SSSR count). The molecule has 1 aromatic carbocycles. The van der Waals surface area contributed by atoms with Gasteiger partial charge in [0.15, 0.2) is 0 Å². The summed E-state index contributed by atoms with van der Waals surface area (Å²) in [4.78, 5) is 36.1. The number of carbonyl (C=O) groups is 3. The van der Waals surface area contributed by atoms with E-state index < -0.39 is 29.2 Å². The van der Waals surface area contributed by atoms with Crippen molar-refractivity contribution >= 4 is 40.5 Å². The number of carboxylic acid groups (broad SMARTS) is 2. The van der Waals surface area contributed by atoms with Gasteiger partial charge in [0.2, 0.25) is 0 Å². The Kier molecular flexibility index (Phi) is 5.28. The Morgan fingerprint density at radius 3 is 2.52 bits per heavy atom. The molecular formula is C16H17IO6. The zero-order valence-electron chi connectivity index (χ0n) is 12.5. The van der Waals surface area contributed by atoms with Gasteiger partial charge in [0.1, 0.15) is 0 Å². The van der Waals surface area contributed by atoms with Gasteiger partial charge in [0.25, 0.3) is 5.41 Å². The van der Waals surface area contributed by atoms with Gasteiger partial charge in [-0.3, -0.25) is 14.4 Å². The first-order valence-corrected chi connectivity index (χ1v) is 8.35. The lowest BCUT2D eigenvalue weighted by Gasteiger charge is -2.35. The van der Waals surface area contributed by atoms with Crippen molar-refractivity contribution in [3.63, 3.8) is 0 Å². The predicted molar refractivity (Wildman–Crippen MR) is 89.2 cm³/mol. The molecule has 1 atom stereocenters. The van der Waals surface area contributed by atoms with Gasteiger partial charge >= 0.3 is 17.9 Å². The molecule has 7 heteroatoms. The van der Waals surface area contributed by atoms with Gasteiger partial charge < -0.3 is 14.9 Å². The topological polar surface area (TPSA) is 101 Å². The highest BCUT2D eigenvalue weighted by molar-refractivity contribution is 14.1. The van der Waals surface area contributed by atoms with Crippen molar-refractivity contribution in [3.05, 3.63) is 32.9 Å². The fraction of sp³-hybridized carbons (Fsp3) is 0.438. The van der Waals surface area contributed by atoms with E-state index in [0.29, 0.717) is 18.4 Å². The Bertz CT molecular complexity index is 640. The van der Waals surface area contributed by atoms with Gasteiger partial charge in [-0.15, -0.1) is 0 Å². The Labute approximate surface area is 147 Å². The number of halogens is 1. The molecule has 0 unspecified atom stereocenters. The molecule has 6 nitrogen and oxygen atoms in total. The monoisotopic (exact) mass is 432 g/mol. The van der Waals surface area contributed by atoms with E-state index in [-0.39, 0.29) is 6.61 Å². The van der Waals surface area contributed by atoms with Crippen molar-refractivity contribution < 1.29 is 29.3 Å². The van der Waals surface area contributed by atoms with Crippen LogP contribution in [0.2, 0.25) is 0 Å². The fourth-order valence-electron chi connectivity index (χ4n) is 3.18. The van der Waals surface area contributed by atoms with Crippen molar-refractivity contribution in [2.45, 2.75) is 32.1 Å². The molecule has 0 amide bonds. The zero-order chi connectivity index (χ0) is 17.2. The second-order valence-electron chi connectivity index (χ2n) is 5.43. The van der Waals surface area contributed by atoms with Crippen molar-refractivity contribution in [2.75, 3.05) is 6.61 Å². The number of aryl methyl sites for hydroxylation is 1. The van der Waals surface area contributed by atoms with Crippen LogP contribution in [0.25, 0.3) is 0 Å². The third kappa shape index (κ3) is 2.93. The van der Waals surface area contributed by atoms with Crippen LogP contribution in [0.5, 0.6) is 0 Å². The van der Waals surface area contributed by atoms with Gasteiger partial charge in [-0.2, -0.15) is 0 Å². The lowest BCUT2D eigenvalue weighted by molar-refractivity contribution is -0.181. The summed E-state index contributed by atoms with van der Waals surface area (Å²) >= 11 is 2.14. The summed E-state index contributed by atoms with van der Waals surface area (Å²) in [5.74, 6) is -5.52. The van der Waals surface area contributed by atoms with Gasteiger partial charge in [-0.25, -0.2) is 0 Å². The van der Waals surface area contributed by atoms with E-state index in [1.807, 2.05) is 6.07 Å². The third-order valence-electron chi connectivity index (χ3n) is 4.21. The van der Waals surface area contributed by atoms with E-state index in [2.05, 4.69) is 22.6 Å². The molecule has 0 saturated heterocycles. The van der Waals surface area contributed by atoms with Gasteiger partial charge in [0, 0.05) is 9.49 Å². The highest BCUT2D eigenvalue weighted by Crippen LogP contribution is 2.46. The maximum absolute atomic E-state index is 12.3. The number of ether oxygens (including phenoxy) is 1. The fourth-order valence-corrected chi connectivity index (χ4v) is 3.74. The van der Waals surface area contributed by atoms with E-state index >= 15 is 0 Å². The zero-order valence-corrected chi connectivity index (χ0v) is 14.7. The average molecular weight is 432 g/mol. The largest absolute Gasteiger partial charge is 0.480 e. The Hall–Kier alpha value is -1.64. The van der Waals surface area contributed by atoms with Crippen molar-refractivity contribution in [3.8, 4) is 0 Å². The summed E-state index contributed by atoms with van der Waals surface area (Å²) in [6.07, 6.45) is 1.67. The standard InChI is InChI=1S/C16H17IO6/c1-2-23-15(22)16(13(18)19,14(20)21)12-5-3-4-9-8-10(17)6-7-11(9)12/h6-8,12H,2-5H2,1H3,(H,18,19)(H,20,21)/t12-/m1/s1. The normalized spacial score (nSPS) is 17.2. The number of fused-ring (bicyclic) bond motifs is 1. The SMILES string of the molecule is CCOC(=O)C(C(=O)O)(C(=O)O)[C@@H]1CCCc2cc(I)ccc21. The molecule has 0 saturated carbocycles. The molecule has 1 aromatic rings. The number of esters is 1. The first-order chi connectivity index (χ1) is 10.9. The Balaban J connectivity index is 2.64. The quantitative estimate of drug-likeness (QED) is 0.421. The molecule has 2 N–H and O–H groups in total. The highest BCUT2D eigenvalue weighted by atomic mass is 127. The number of aliphatic carboxylic acids is 2. The van der Waals surface area contributed by atoms with Gasteiger partial charge in [-0.1, -0.05) is 6.07 Å². The molecule has 1 aliphatic rings. The van der Waals surface area contributed by atoms with Crippen LogP contribution >= 0.6 is 22.6 Å². The van der Waals surface area contributed by atoms with Crippen LogP contribution in [-0.4, -0.2) is 34.7 Å². The highest BCUT2D eigenvalue weighted by Gasteiger charge is 2.61. The van der Waals surface area contributed by atoms with Crippen molar-refractivity contribution in [1.29, 1.82) is 0 Å². The maximum Gasteiger partial charge on any atom is 0.335 e. The second-order valence-corrected chi connectivity index (χ2v) is 6.67.